The third-order valence-corrected chi connectivity index (χ3v) is 13.6. The smallest absolute Gasteiger partial charge is 0.159 e. The summed E-state index contributed by atoms with van der Waals surface area (Å²) in [5.41, 5.74) is 9.29. The predicted molar refractivity (Wildman–Crippen MR) is 244 cm³/mol. The topological polar surface area (TPSA) is 41.7 Å². The summed E-state index contributed by atoms with van der Waals surface area (Å²) in [7, 11) is 0. The van der Waals surface area contributed by atoms with Gasteiger partial charge in [-0.25, -0.2) is 9.98 Å². The van der Waals surface area contributed by atoms with Crippen molar-refractivity contribution < 1.29 is 0 Å². The first kappa shape index (κ1) is 32.4. The van der Waals surface area contributed by atoms with E-state index in [1.807, 2.05) is 46.9 Å². The van der Waals surface area contributed by atoms with Crippen LogP contribution in [0.15, 0.2) is 192 Å². The van der Waals surface area contributed by atoms with Crippen LogP contribution in [0.4, 0.5) is 0 Å². The molecule has 3 aromatic heterocycles. The second kappa shape index (κ2) is 12.8. The van der Waals surface area contributed by atoms with Gasteiger partial charge in [0.1, 0.15) is 12.0 Å². The zero-order valence-corrected chi connectivity index (χ0v) is 32.2. The van der Waals surface area contributed by atoms with Gasteiger partial charge in [0, 0.05) is 67.8 Å². The third-order valence-electron chi connectivity index (χ3n) is 11.3. The molecule has 6 heteroatoms. The Morgan fingerprint density at radius 2 is 1.07 bits per heavy atom. The van der Waals surface area contributed by atoms with Gasteiger partial charge in [0.25, 0.3) is 0 Å². The number of benzene rings is 8. The quantitative estimate of drug-likeness (QED) is 0.186. The van der Waals surface area contributed by atoms with Gasteiger partial charge in [-0.15, -0.1) is 22.7 Å². The number of aliphatic imine (C=N–C) groups is 2. The van der Waals surface area contributed by atoms with Crippen molar-refractivity contribution in [2.24, 2.45) is 9.98 Å². The molecule has 0 aliphatic carbocycles. The molecule has 1 atom stereocenters. The Kier molecular flexibility index (Phi) is 7.30. The molecule has 0 spiro atoms. The lowest BCUT2D eigenvalue weighted by molar-refractivity contribution is 0.680. The van der Waals surface area contributed by atoms with Crippen LogP contribution in [0.1, 0.15) is 22.9 Å². The van der Waals surface area contributed by atoms with Gasteiger partial charge in [0.05, 0.1) is 16.7 Å². The Bertz CT molecular complexity index is 3390. The molecule has 1 N–H and O–H groups in total. The van der Waals surface area contributed by atoms with Crippen LogP contribution in [0.3, 0.4) is 0 Å². The van der Waals surface area contributed by atoms with Crippen LogP contribution in [0, 0.1) is 0 Å². The number of rotatable bonds is 5. The number of amidine groups is 2. The summed E-state index contributed by atoms with van der Waals surface area (Å²) >= 11 is 3.71. The van der Waals surface area contributed by atoms with Crippen LogP contribution >= 0.6 is 22.7 Å². The standard InChI is InChI=1S/C51H32N4S2/c1-3-13-31(14-4-1)49-52-50(32-15-5-2-6-16-32)54-51(53-49)38-20-11-19-37-39-29-33(25-27-44(39)57-48(37)38)34-26-28-45-40(30-34)47-43(23-12-24-46(47)56-45)55-41-21-9-7-17-35(41)36-18-8-10-22-42(36)55/h1-30,51H,(H,52,53,54). The Morgan fingerprint density at radius 3 is 1.81 bits per heavy atom. The van der Waals surface area contributed by atoms with Crippen LogP contribution in [0.25, 0.3) is 79.0 Å². The highest BCUT2D eigenvalue weighted by Crippen LogP contribution is 2.44. The molecule has 1 aliphatic rings. The van der Waals surface area contributed by atoms with Crippen molar-refractivity contribution >= 4 is 96.5 Å². The number of fused-ring (bicyclic) bond motifs is 9. The first-order chi connectivity index (χ1) is 28.2. The summed E-state index contributed by atoms with van der Waals surface area (Å²) in [5.74, 6) is 1.56. The van der Waals surface area contributed by atoms with Gasteiger partial charge in [0.15, 0.2) is 5.84 Å². The van der Waals surface area contributed by atoms with Gasteiger partial charge in [-0.2, -0.15) is 0 Å². The molecule has 268 valence electrons. The molecule has 0 radical (unpaired) electrons. The monoisotopic (exact) mass is 764 g/mol. The van der Waals surface area contributed by atoms with Crippen LogP contribution in [-0.4, -0.2) is 16.2 Å². The van der Waals surface area contributed by atoms with E-state index < -0.39 is 0 Å². The minimum atomic E-state index is -0.290. The fraction of sp³-hybridized carbons (Fsp3) is 0.0196. The molecular weight excluding hydrogens is 733 g/mol. The first-order valence-electron chi connectivity index (χ1n) is 19.2. The maximum atomic E-state index is 5.22. The zero-order valence-electron chi connectivity index (χ0n) is 30.6. The zero-order chi connectivity index (χ0) is 37.5. The van der Waals surface area contributed by atoms with Crippen molar-refractivity contribution in [1.82, 2.24) is 9.88 Å². The van der Waals surface area contributed by atoms with E-state index in [-0.39, 0.29) is 6.17 Å². The summed E-state index contributed by atoms with van der Waals surface area (Å²) in [6.45, 7) is 0. The number of hydrogen-bond donors (Lipinski definition) is 1. The first-order valence-corrected chi connectivity index (χ1v) is 20.8. The van der Waals surface area contributed by atoms with Gasteiger partial charge in [-0.3, -0.25) is 0 Å². The molecule has 12 rings (SSSR count). The molecule has 0 saturated heterocycles. The maximum absolute atomic E-state index is 5.22. The van der Waals surface area contributed by atoms with E-state index in [1.165, 1.54) is 79.0 Å². The summed E-state index contributed by atoms with van der Waals surface area (Å²) in [4.78, 5) is 10.2. The molecule has 11 aromatic rings. The number of nitrogens with zero attached hydrogens (tertiary/aromatic N) is 3. The average Bonchev–Trinajstić information content (AvgIpc) is 3.96. The number of para-hydroxylation sites is 2. The fourth-order valence-corrected chi connectivity index (χ4v) is 11.0. The van der Waals surface area contributed by atoms with E-state index in [0.717, 1.165) is 28.4 Å². The SMILES string of the molecule is c1ccc(C2=NC(c3cccc4c3sc3ccc(-c5ccc6sc7cccc(-n8c9ccccc9c9ccccc98)c7c6c5)cc34)NC(c3ccccc3)=N2)cc1. The molecule has 57 heavy (non-hydrogen) atoms. The van der Waals surface area contributed by atoms with E-state index in [4.69, 9.17) is 9.98 Å². The molecule has 0 fully saturated rings. The maximum Gasteiger partial charge on any atom is 0.159 e. The molecule has 4 nitrogen and oxygen atoms in total. The highest BCUT2D eigenvalue weighted by Gasteiger charge is 2.24. The lowest BCUT2D eigenvalue weighted by atomic mass is 9.99. The minimum absolute atomic E-state index is 0.290. The molecule has 0 amide bonds. The van der Waals surface area contributed by atoms with Crippen molar-refractivity contribution in [2.75, 3.05) is 0 Å². The average molecular weight is 765 g/mol. The van der Waals surface area contributed by atoms with Gasteiger partial charge < -0.3 is 9.88 Å². The van der Waals surface area contributed by atoms with E-state index in [2.05, 4.69) is 168 Å². The number of nitrogens with one attached hydrogen (secondary N) is 1. The van der Waals surface area contributed by atoms with Crippen LogP contribution in [-0.2, 0) is 0 Å². The number of aromatic nitrogens is 1. The van der Waals surface area contributed by atoms with Crippen LogP contribution < -0.4 is 5.32 Å². The molecule has 0 saturated carbocycles. The van der Waals surface area contributed by atoms with Crippen molar-refractivity contribution in [3.05, 3.63) is 199 Å². The molecule has 0 bridgehead atoms. The summed E-state index contributed by atoms with van der Waals surface area (Å²) in [5, 5.41) is 11.3. The molecule has 1 aliphatic heterocycles. The third kappa shape index (κ3) is 5.18. The molecular formula is C51H32N4S2. The number of hydrogen-bond acceptors (Lipinski definition) is 5. The van der Waals surface area contributed by atoms with Crippen molar-refractivity contribution in [3.63, 3.8) is 0 Å². The second-order valence-corrected chi connectivity index (χ2v) is 16.7. The van der Waals surface area contributed by atoms with Gasteiger partial charge >= 0.3 is 0 Å². The second-order valence-electron chi connectivity index (χ2n) is 14.6. The molecule has 4 heterocycles. The van der Waals surface area contributed by atoms with Crippen molar-refractivity contribution in [1.29, 1.82) is 0 Å². The predicted octanol–water partition coefficient (Wildman–Crippen LogP) is 13.7. The van der Waals surface area contributed by atoms with Crippen LogP contribution in [0.2, 0.25) is 0 Å². The lowest BCUT2D eigenvalue weighted by Crippen LogP contribution is -2.33. The van der Waals surface area contributed by atoms with Crippen molar-refractivity contribution in [2.45, 2.75) is 6.17 Å². The largest absolute Gasteiger partial charge is 0.344 e. The minimum Gasteiger partial charge on any atom is -0.344 e. The Hall–Kier alpha value is -6.86. The highest BCUT2D eigenvalue weighted by atomic mass is 32.1. The lowest BCUT2D eigenvalue weighted by Gasteiger charge is -2.24. The van der Waals surface area contributed by atoms with Gasteiger partial charge in [-0.1, -0.05) is 133 Å². The molecule has 8 aromatic carbocycles. The normalized spacial score (nSPS) is 14.5. The van der Waals surface area contributed by atoms with E-state index >= 15 is 0 Å². The molecule has 1 unspecified atom stereocenters. The van der Waals surface area contributed by atoms with Gasteiger partial charge in [0.2, 0.25) is 0 Å². The van der Waals surface area contributed by atoms with Crippen LogP contribution in [0.5, 0.6) is 0 Å². The Balaban J connectivity index is 0.987. The Morgan fingerprint density at radius 1 is 0.456 bits per heavy atom. The fourth-order valence-electron chi connectivity index (χ4n) is 8.64. The summed E-state index contributed by atoms with van der Waals surface area (Å²) < 4.78 is 7.54. The highest BCUT2D eigenvalue weighted by molar-refractivity contribution is 7.26. The van der Waals surface area contributed by atoms with Crippen molar-refractivity contribution in [3.8, 4) is 16.8 Å². The Labute approximate surface area is 336 Å². The number of thiophene rings is 2. The summed E-state index contributed by atoms with van der Waals surface area (Å²) in [6.07, 6.45) is -0.290. The summed E-state index contributed by atoms with van der Waals surface area (Å²) in [6, 6.07) is 65.5. The van der Waals surface area contributed by atoms with Gasteiger partial charge in [-0.05, 0) is 59.7 Å². The van der Waals surface area contributed by atoms with E-state index in [0.29, 0.717) is 0 Å². The van der Waals surface area contributed by atoms with E-state index in [1.54, 1.807) is 0 Å². The van der Waals surface area contributed by atoms with E-state index in [9.17, 15) is 0 Å².